The summed E-state index contributed by atoms with van der Waals surface area (Å²) in [5.74, 6) is 0.557. The highest BCUT2D eigenvalue weighted by Gasteiger charge is 2.13. The molecular formula is C10H12ClN5O. The Labute approximate surface area is 103 Å². The molecule has 17 heavy (non-hydrogen) atoms. The molecule has 2 aromatic rings. The number of tetrazole rings is 1. The van der Waals surface area contributed by atoms with Gasteiger partial charge in [-0.3, -0.25) is 0 Å². The van der Waals surface area contributed by atoms with Crippen LogP contribution in [0.2, 0.25) is 5.02 Å². The maximum Gasteiger partial charge on any atom is 0.183 e. The molecule has 1 aromatic heterocycles. The highest BCUT2D eigenvalue weighted by molar-refractivity contribution is 6.33. The molecule has 7 heteroatoms. The van der Waals surface area contributed by atoms with E-state index in [2.05, 4.69) is 15.5 Å². The first-order chi connectivity index (χ1) is 8.13. The van der Waals surface area contributed by atoms with Gasteiger partial charge in [0, 0.05) is 12.6 Å². The molecule has 3 N–H and O–H groups in total. The number of halogens is 1. The Morgan fingerprint density at radius 3 is 2.88 bits per heavy atom. The van der Waals surface area contributed by atoms with Crippen molar-refractivity contribution >= 4 is 11.6 Å². The number of rotatable bonds is 3. The first kappa shape index (κ1) is 12.0. The van der Waals surface area contributed by atoms with E-state index in [1.807, 2.05) is 0 Å². The molecule has 0 aliphatic rings. The van der Waals surface area contributed by atoms with E-state index in [9.17, 15) is 0 Å². The second kappa shape index (κ2) is 4.79. The number of hydrogen-bond donors (Lipinski definition) is 2. The standard InChI is InChI=1S/C10H12ClN5O/c1-16-10(13-14-15-16)7-4-6(9(12)5-17)2-3-8(7)11/h2-4,9,17H,5,12H2,1H3/t9-/m1/s1. The fourth-order valence-corrected chi connectivity index (χ4v) is 1.71. The van der Waals surface area contributed by atoms with Crippen molar-refractivity contribution < 1.29 is 5.11 Å². The molecule has 1 heterocycles. The molecule has 0 bridgehead atoms. The molecule has 0 aliphatic carbocycles. The van der Waals surface area contributed by atoms with Crippen molar-refractivity contribution in [1.82, 2.24) is 20.2 Å². The number of nitrogens with zero attached hydrogens (tertiary/aromatic N) is 4. The van der Waals surface area contributed by atoms with Crippen LogP contribution >= 0.6 is 11.6 Å². The van der Waals surface area contributed by atoms with E-state index in [4.69, 9.17) is 22.4 Å². The molecule has 0 fully saturated rings. The van der Waals surface area contributed by atoms with E-state index in [-0.39, 0.29) is 6.61 Å². The van der Waals surface area contributed by atoms with Crippen LogP contribution in [-0.4, -0.2) is 31.9 Å². The summed E-state index contributed by atoms with van der Waals surface area (Å²) in [6.45, 7) is -0.127. The van der Waals surface area contributed by atoms with Gasteiger partial charge in [0.2, 0.25) is 0 Å². The van der Waals surface area contributed by atoms with E-state index < -0.39 is 6.04 Å². The molecule has 90 valence electrons. The summed E-state index contributed by atoms with van der Waals surface area (Å²) in [6.07, 6.45) is 0. The van der Waals surface area contributed by atoms with Gasteiger partial charge >= 0.3 is 0 Å². The zero-order chi connectivity index (χ0) is 12.4. The Morgan fingerprint density at radius 2 is 2.29 bits per heavy atom. The van der Waals surface area contributed by atoms with E-state index in [1.165, 1.54) is 4.68 Å². The van der Waals surface area contributed by atoms with Gasteiger partial charge in [-0.05, 0) is 28.1 Å². The Hall–Kier alpha value is -1.50. The van der Waals surface area contributed by atoms with Gasteiger partial charge in [-0.15, -0.1) is 5.10 Å². The van der Waals surface area contributed by atoms with Crippen molar-refractivity contribution in [3.63, 3.8) is 0 Å². The van der Waals surface area contributed by atoms with Crippen LogP contribution in [0.5, 0.6) is 0 Å². The van der Waals surface area contributed by atoms with Crippen molar-refractivity contribution in [1.29, 1.82) is 0 Å². The monoisotopic (exact) mass is 253 g/mol. The van der Waals surface area contributed by atoms with Gasteiger partial charge in [0.25, 0.3) is 0 Å². The lowest BCUT2D eigenvalue weighted by atomic mass is 10.0. The van der Waals surface area contributed by atoms with Crippen molar-refractivity contribution in [2.75, 3.05) is 6.61 Å². The van der Waals surface area contributed by atoms with Crippen molar-refractivity contribution in [3.8, 4) is 11.4 Å². The minimum atomic E-state index is -0.438. The molecule has 0 saturated carbocycles. The average Bonchev–Trinajstić information content (AvgIpc) is 2.75. The van der Waals surface area contributed by atoms with Crippen LogP contribution in [0, 0.1) is 0 Å². The maximum absolute atomic E-state index is 9.03. The summed E-state index contributed by atoms with van der Waals surface area (Å²) < 4.78 is 1.52. The lowest BCUT2D eigenvalue weighted by Crippen LogP contribution is -2.14. The number of aromatic nitrogens is 4. The normalized spacial score (nSPS) is 12.7. The third kappa shape index (κ3) is 2.28. The zero-order valence-electron chi connectivity index (χ0n) is 9.21. The van der Waals surface area contributed by atoms with Gasteiger partial charge in [-0.1, -0.05) is 17.7 Å². The SMILES string of the molecule is Cn1nnnc1-c1cc([C@H](N)CO)ccc1Cl. The van der Waals surface area contributed by atoms with Crippen molar-refractivity contribution in [2.45, 2.75) is 6.04 Å². The predicted molar refractivity (Wildman–Crippen MR) is 63.3 cm³/mol. The lowest BCUT2D eigenvalue weighted by Gasteiger charge is -2.11. The highest BCUT2D eigenvalue weighted by Crippen LogP contribution is 2.28. The van der Waals surface area contributed by atoms with Crippen LogP contribution in [0.3, 0.4) is 0 Å². The first-order valence-electron chi connectivity index (χ1n) is 5.02. The van der Waals surface area contributed by atoms with Crippen LogP contribution in [0.1, 0.15) is 11.6 Å². The number of benzene rings is 1. The third-order valence-corrected chi connectivity index (χ3v) is 2.81. The summed E-state index contributed by atoms with van der Waals surface area (Å²) in [5.41, 5.74) is 7.24. The van der Waals surface area contributed by atoms with Crippen molar-refractivity contribution in [3.05, 3.63) is 28.8 Å². The number of aliphatic hydroxyl groups is 1. The third-order valence-electron chi connectivity index (χ3n) is 2.48. The zero-order valence-corrected chi connectivity index (χ0v) is 9.96. The van der Waals surface area contributed by atoms with Crippen molar-refractivity contribution in [2.24, 2.45) is 12.8 Å². The Morgan fingerprint density at radius 1 is 1.53 bits per heavy atom. The van der Waals surface area contributed by atoms with Crippen LogP contribution in [0.15, 0.2) is 18.2 Å². The maximum atomic E-state index is 9.03. The fraction of sp³-hybridized carbons (Fsp3) is 0.300. The van der Waals surface area contributed by atoms with Gasteiger partial charge in [0.15, 0.2) is 5.82 Å². The van der Waals surface area contributed by atoms with Crippen LogP contribution in [0.25, 0.3) is 11.4 Å². The molecule has 0 aliphatic heterocycles. The smallest absolute Gasteiger partial charge is 0.183 e. The Balaban J connectivity index is 2.50. The van der Waals surface area contributed by atoms with Crippen LogP contribution in [-0.2, 0) is 7.05 Å². The molecule has 1 atom stereocenters. The van der Waals surface area contributed by atoms with Crippen LogP contribution < -0.4 is 5.73 Å². The molecule has 0 radical (unpaired) electrons. The molecular weight excluding hydrogens is 242 g/mol. The van der Waals surface area contributed by atoms with Crippen LogP contribution in [0.4, 0.5) is 0 Å². The van der Waals surface area contributed by atoms with Gasteiger partial charge in [-0.2, -0.15) is 0 Å². The van der Waals surface area contributed by atoms with E-state index in [1.54, 1.807) is 25.2 Å². The Kier molecular flexibility index (Phi) is 3.37. The Bertz CT molecular complexity index is 527. The summed E-state index contributed by atoms with van der Waals surface area (Å²) in [6, 6.07) is 4.84. The number of nitrogens with two attached hydrogens (primary N) is 1. The molecule has 1 aromatic carbocycles. The summed E-state index contributed by atoms with van der Waals surface area (Å²) in [7, 11) is 1.73. The minimum absolute atomic E-state index is 0.127. The van der Waals surface area contributed by atoms with Gasteiger partial charge < -0.3 is 10.8 Å². The molecule has 2 rings (SSSR count). The highest BCUT2D eigenvalue weighted by atomic mass is 35.5. The average molecular weight is 254 g/mol. The summed E-state index contributed by atoms with van der Waals surface area (Å²) in [5, 5.41) is 20.8. The van der Waals surface area contributed by atoms with Gasteiger partial charge in [0.1, 0.15) is 0 Å². The van der Waals surface area contributed by atoms with Gasteiger partial charge in [-0.25, -0.2) is 4.68 Å². The number of aliphatic hydroxyl groups excluding tert-OH is 1. The van der Waals surface area contributed by atoms with E-state index in [0.717, 1.165) is 5.56 Å². The second-order valence-corrected chi connectivity index (χ2v) is 4.06. The number of hydrogen-bond acceptors (Lipinski definition) is 5. The summed E-state index contributed by atoms with van der Waals surface area (Å²) >= 11 is 6.10. The first-order valence-corrected chi connectivity index (χ1v) is 5.40. The lowest BCUT2D eigenvalue weighted by molar-refractivity contribution is 0.268. The quantitative estimate of drug-likeness (QED) is 0.833. The molecule has 0 amide bonds. The molecule has 6 nitrogen and oxygen atoms in total. The molecule has 0 saturated heterocycles. The van der Waals surface area contributed by atoms with E-state index >= 15 is 0 Å². The largest absolute Gasteiger partial charge is 0.394 e. The summed E-state index contributed by atoms with van der Waals surface area (Å²) in [4.78, 5) is 0. The predicted octanol–water partition coefficient (Wildman–Crippen LogP) is 0.523. The minimum Gasteiger partial charge on any atom is -0.394 e. The second-order valence-electron chi connectivity index (χ2n) is 3.65. The van der Waals surface area contributed by atoms with Gasteiger partial charge in [0.05, 0.1) is 17.7 Å². The molecule has 0 unspecified atom stereocenters. The van der Waals surface area contributed by atoms with E-state index in [0.29, 0.717) is 16.4 Å². The number of aryl methyl sites for hydroxylation is 1. The fourth-order valence-electron chi connectivity index (χ4n) is 1.51. The topological polar surface area (TPSA) is 89.9 Å². The molecule has 0 spiro atoms.